The van der Waals surface area contributed by atoms with E-state index in [1.165, 1.54) is 6.92 Å². The molecule has 2 aromatic rings. The summed E-state index contributed by atoms with van der Waals surface area (Å²) in [6.45, 7) is 10.9. The van der Waals surface area contributed by atoms with E-state index in [4.69, 9.17) is 4.74 Å². The molecule has 1 atom stereocenters. The smallest absolute Gasteiger partial charge is 0.308 e. The molecule has 4 heteroatoms. The van der Waals surface area contributed by atoms with Crippen molar-refractivity contribution in [1.29, 1.82) is 0 Å². The molecule has 4 nitrogen and oxygen atoms in total. The predicted octanol–water partition coefficient (Wildman–Crippen LogP) is 3.36. The Bertz CT molecular complexity index is 787. The van der Waals surface area contributed by atoms with Crippen molar-refractivity contribution in [2.45, 2.75) is 33.6 Å². The second-order valence-corrected chi connectivity index (χ2v) is 5.28. The van der Waals surface area contributed by atoms with Crippen molar-refractivity contribution < 1.29 is 9.53 Å². The Labute approximate surface area is 123 Å². The number of nitrogens with one attached hydrogen (secondary N) is 1. The molecule has 21 heavy (non-hydrogen) atoms. The molecule has 110 valence electrons. The van der Waals surface area contributed by atoms with Crippen molar-refractivity contribution in [3.8, 4) is 5.75 Å². The van der Waals surface area contributed by atoms with Crippen molar-refractivity contribution in [3.05, 3.63) is 51.8 Å². The molecule has 1 unspecified atom stereocenters. The van der Waals surface area contributed by atoms with Crippen LogP contribution in [0.3, 0.4) is 0 Å². The summed E-state index contributed by atoms with van der Waals surface area (Å²) in [5.41, 5.74) is 3.08. The molecule has 0 bridgehead atoms. The highest BCUT2D eigenvalue weighted by Crippen LogP contribution is 2.36. The van der Waals surface area contributed by atoms with E-state index in [1.54, 1.807) is 12.1 Å². The maximum Gasteiger partial charge on any atom is 0.308 e. The van der Waals surface area contributed by atoms with Crippen molar-refractivity contribution in [2.24, 2.45) is 0 Å². The number of aromatic amines is 1. The molecule has 0 saturated carbocycles. The van der Waals surface area contributed by atoms with E-state index in [0.717, 1.165) is 22.1 Å². The molecule has 1 heterocycles. The van der Waals surface area contributed by atoms with Gasteiger partial charge in [0, 0.05) is 35.4 Å². The van der Waals surface area contributed by atoms with Crippen LogP contribution in [-0.4, -0.2) is 11.0 Å². The number of benzene rings is 1. The molecular weight excluding hydrogens is 266 g/mol. The van der Waals surface area contributed by atoms with Gasteiger partial charge in [0.15, 0.2) is 0 Å². The molecular formula is C17H19NO3. The summed E-state index contributed by atoms with van der Waals surface area (Å²) >= 11 is 0. The molecule has 1 aromatic carbocycles. The summed E-state index contributed by atoms with van der Waals surface area (Å²) < 4.78 is 5.38. The Morgan fingerprint density at radius 1 is 1.38 bits per heavy atom. The molecule has 0 saturated heterocycles. The van der Waals surface area contributed by atoms with Gasteiger partial charge in [-0.1, -0.05) is 13.0 Å². The number of carbonyl (C=O) groups excluding carboxylic acids is 1. The molecule has 0 fully saturated rings. The number of pyridine rings is 1. The SMILES string of the molecule is C=CC(C)c1cc2c(C)cc(=O)[nH]c2c(C)c1OC(C)=O. The van der Waals surface area contributed by atoms with Crippen LogP contribution in [0.25, 0.3) is 10.9 Å². The number of rotatable bonds is 3. The summed E-state index contributed by atoms with van der Waals surface area (Å²) in [4.78, 5) is 25.9. The third-order valence-electron chi connectivity index (χ3n) is 3.66. The van der Waals surface area contributed by atoms with Gasteiger partial charge in [-0.05, 0) is 25.5 Å². The van der Waals surface area contributed by atoms with E-state index in [1.807, 2.05) is 26.8 Å². The zero-order valence-electron chi connectivity index (χ0n) is 12.7. The van der Waals surface area contributed by atoms with Crippen LogP contribution >= 0.6 is 0 Å². The number of carbonyl (C=O) groups is 1. The van der Waals surface area contributed by atoms with Gasteiger partial charge in [-0.2, -0.15) is 0 Å². The summed E-state index contributed by atoms with van der Waals surface area (Å²) in [5.74, 6) is 0.155. The van der Waals surface area contributed by atoms with Gasteiger partial charge in [0.2, 0.25) is 5.56 Å². The standard InChI is InChI=1S/C17H19NO3/c1-6-9(2)14-8-13-10(3)7-15(20)18-16(13)11(4)17(14)21-12(5)19/h6-9H,1H2,2-5H3,(H,18,20). The first kappa shape index (κ1) is 15.0. The highest BCUT2D eigenvalue weighted by atomic mass is 16.5. The van der Waals surface area contributed by atoms with E-state index in [2.05, 4.69) is 11.6 Å². The second kappa shape index (κ2) is 5.56. The van der Waals surface area contributed by atoms with Gasteiger partial charge < -0.3 is 9.72 Å². The fourth-order valence-corrected chi connectivity index (χ4v) is 2.48. The first-order valence-corrected chi connectivity index (χ1v) is 6.83. The van der Waals surface area contributed by atoms with Crippen molar-refractivity contribution >= 4 is 16.9 Å². The van der Waals surface area contributed by atoms with E-state index in [-0.39, 0.29) is 17.4 Å². The molecule has 0 aliphatic carbocycles. The Morgan fingerprint density at radius 2 is 2.05 bits per heavy atom. The lowest BCUT2D eigenvalue weighted by molar-refractivity contribution is -0.131. The van der Waals surface area contributed by atoms with Gasteiger partial charge in [0.25, 0.3) is 0 Å². The zero-order valence-corrected chi connectivity index (χ0v) is 12.7. The predicted molar refractivity (Wildman–Crippen MR) is 84.0 cm³/mol. The first-order chi connectivity index (χ1) is 9.85. The summed E-state index contributed by atoms with van der Waals surface area (Å²) in [6.07, 6.45) is 1.80. The summed E-state index contributed by atoms with van der Waals surface area (Å²) in [6, 6.07) is 3.52. The third-order valence-corrected chi connectivity index (χ3v) is 3.66. The fourth-order valence-electron chi connectivity index (χ4n) is 2.48. The number of H-pyrrole nitrogens is 1. The number of allylic oxidation sites excluding steroid dienone is 1. The van der Waals surface area contributed by atoms with Gasteiger partial charge in [0.1, 0.15) is 5.75 Å². The lowest BCUT2D eigenvalue weighted by atomic mass is 9.93. The van der Waals surface area contributed by atoms with Crippen molar-refractivity contribution in [1.82, 2.24) is 4.98 Å². The lowest BCUT2D eigenvalue weighted by Crippen LogP contribution is -2.11. The highest BCUT2D eigenvalue weighted by molar-refractivity contribution is 5.89. The summed E-state index contributed by atoms with van der Waals surface area (Å²) in [5, 5.41) is 0.951. The van der Waals surface area contributed by atoms with Crippen LogP contribution in [-0.2, 0) is 4.79 Å². The van der Waals surface area contributed by atoms with Gasteiger partial charge >= 0.3 is 5.97 Å². The molecule has 1 aromatic heterocycles. The van der Waals surface area contributed by atoms with Gasteiger partial charge in [-0.25, -0.2) is 0 Å². The van der Waals surface area contributed by atoms with Gasteiger partial charge in [-0.15, -0.1) is 6.58 Å². The molecule has 1 N–H and O–H groups in total. The normalized spacial score (nSPS) is 12.2. The highest BCUT2D eigenvalue weighted by Gasteiger charge is 2.18. The average Bonchev–Trinajstić information content (AvgIpc) is 2.41. The molecule has 0 amide bonds. The van der Waals surface area contributed by atoms with E-state index in [0.29, 0.717) is 11.3 Å². The van der Waals surface area contributed by atoms with Crippen LogP contribution in [0.4, 0.5) is 0 Å². The Hall–Kier alpha value is -2.36. The van der Waals surface area contributed by atoms with Crippen LogP contribution in [0.15, 0.2) is 29.6 Å². The van der Waals surface area contributed by atoms with Crippen molar-refractivity contribution in [2.75, 3.05) is 0 Å². The Balaban J connectivity index is 2.90. The van der Waals surface area contributed by atoms with Crippen LogP contribution in [0.5, 0.6) is 5.75 Å². The van der Waals surface area contributed by atoms with Gasteiger partial charge in [0.05, 0.1) is 5.52 Å². The number of aromatic nitrogens is 1. The zero-order chi connectivity index (χ0) is 15.7. The number of esters is 1. The second-order valence-electron chi connectivity index (χ2n) is 5.28. The van der Waals surface area contributed by atoms with E-state index in [9.17, 15) is 9.59 Å². The van der Waals surface area contributed by atoms with Gasteiger partial charge in [-0.3, -0.25) is 9.59 Å². The minimum Gasteiger partial charge on any atom is -0.426 e. The molecule has 2 rings (SSSR count). The molecule has 0 aliphatic rings. The number of ether oxygens (including phenoxy) is 1. The van der Waals surface area contributed by atoms with Crippen molar-refractivity contribution in [3.63, 3.8) is 0 Å². The molecule has 0 spiro atoms. The summed E-state index contributed by atoms with van der Waals surface area (Å²) in [7, 11) is 0. The minimum absolute atomic E-state index is 0.0359. The number of hydrogen-bond donors (Lipinski definition) is 1. The van der Waals surface area contributed by atoms with E-state index < -0.39 is 0 Å². The number of aryl methyl sites for hydroxylation is 2. The maximum absolute atomic E-state index is 11.7. The Kier molecular flexibility index (Phi) is 3.98. The number of fused-ring (bicyclic) bond motifs is 1. The first-order valence-electron chi connectivity index (χ1n) is 6.83. The molecule has 0 aliphatic heterocycles. The monoisotopic (exact) mass is 285 g/mol. The van der Waals surface area contributed by atoms with Crippen LogP contribution in [0.2, 0.25) is 0 Å². The lowest BCUT2D eigenvalue weighted by Gasteiger charge is -2.18. The average molecular weight is 285 g/mol. The largest absolute Gasteiger partial charge is 0.426 e. The molecule has 0 radical (unpaired) electrons. The Morgan fingerprint density at radius 3 is 2.62 bits per heavy atom. The number of hydrogen-bond acceptors (Lipinski definition) is 3. The minimum atomic E-state index is -0.384. The van der Waals surface area contributed by atoms with Crippen LogP contribution < -0.4 is 10.3 Å². The van der Waals surface area contributed by atoms with Crippen LogP contribution in [0.1, 0.15) is 36.5 Å². The quantitative estimate of drug-likeness (QED) is 0.534. The van der Waals surface area contributed by atoms with Crippen LogP contribution in [0, 0.1) is 13.8 Å². The maximum atomic E-state index is 11.7. The third kappa shape index (κ3) is 2.75. The van der Waals surface area contributed by atoms with E-state index >= 15 is 0 Å². The topological polar surface area (TPSA) is 59.2 Å². The fraction of sp³-hybridized carbons (Fsp3) is 0.294.